The predicted molar refractivity (Wildman–Crippen MR) is 103 cm³/mol. The standard InChI is InChI=1S/C21H20N4O/c1-15(26)17-7-4-8-19(13-17)23-21-22-11-9-20(24-21)25-12-10-16-5-2-3-6-18(16)14-25/h2-9,11,13H,10,12,14H2,1H3,(H,22,23,24). The molecule has 0 atom stereocenters. The average Bonchev–Trinajstić information content (AvgIpc) is 2.68. The third-order valence-corrected chi connectivity index (χ3v) is 4.62. The number of aromatic nitrogens is 2. The van der Waals surface area contributed by atoms with Gasteiger partial charge in [0.1, 0.15) is 5.82 Å². The summed E-state index contributed by atoms with van der Waals surface area (Å²) >= 11 is 0. The van der Waals surface area contributed by atoms with E-state index in [1.54, 1.807) is 19.2 Å². The van der Waals surface area contributed by atoms with Gasteiger partial charge in [-0.2, -0.15) is 4.98 Å². The van der Waals surface area contributed by atoms with Crippen molar-refractivity contribution in [1.82, 2.24) is 9.97 Å². The van der Waals surface area contributed by atoms with Crippen LogP contribution in [0.2, 0.25) is 0 Å². The zero-order valence-corrected chi connectivity index (χ0v) is 14.6. The molecule has 0 radical (unpaired) electrons. The molecule has 5 nitrogen and oxygen atoms in total. The van der Waals surface area contributed by atoms with E-state index in [0.29, 0.717) is 11.5 Å². The molecule has 3 aromatic rings. The second kappa shape index (κ2) is 6.96. The van der Waals surface area contributed by atoms with E-state index in [-0.39, 0.29) is 5.78 Å². The molecular formula is C21H20N4O. The normalized spacial score (nSPS) is 13.2. The fourth-order valence-corrected chi connectivity index (χ4v) is 3.22. The quantitative estimate of drug-likeness (QED) is 0.725. The van der Waals surface area contributed by atoms with Crippen molar-refractivity contribution in [2.75, 3.05) is 16.8 Å². The predicted octanol–water partition coefficient (Wildman–Crippen LogP) is 3.99. The Bertz CT molecular complexity index is 954. The SMILES string of the molecule is CC(=O)c1cccc(Nc2nccc(N3CCc4ccccc4C3)n2)c1. The van der Waals surface area contributed by atoms with Crippen LogP contribution in [0.1, 0.15) is 28.4 Å². The highest BCUT2D eigenvalue weighted by Gasteiger charge is 2.17. The van der Waals surface area contributed by atoms with Gasteiger partial charge >= 0.3 is 0 Å². The fraction of sp³-hybridized carbons (Fsp3) is 0.190. The molecule has 4 rings (SSSR count). The van der Waals surface area contributed by atoms with Gasteiger partial charge in [0.25, 0.3) is 0 Å². The summed E-state index contributed by atoms with van der Waals surface area (Å²) < 4.78 is 0. The second-order valence-corrected chi connectivity index (χ2v) is 6.44. The van der Waals surface area contributed by atoms with Crippen molar-refractivity contribution in [3.63, 3.8) is 0 Å². The number of nitrogens with one attached hydrogen (secondary N) is 1. The molecule has 1 aliphatic heterocycles. The molecule has 0 spiro atoms. The van der Waals surface area contributed by atoms with E-state index in [9.17, 15) is 4.79 Å². The number of rotatable bonds is 4. The van der Waals surface area contributed by atoms with Crippen LogP contribution in [0.3, 0.4) is 0 Å². The van der Waals surface area contributed by atoms with E-state index in [2.05, 4.69) is 44.5 Å². The summed E-state index contributed by atoms with van der Waals surface area (Å²) in [4.78, 5) is 22.8. The summed E-state index contributed by atoms with van der Waals surface area (Å²) in [6.07, 6.45) is 2.78. The zero-order valence-electron chi connectivity index (χ0n) is 14.6. The van der Waals surface area contributed by atoms with Gasteiger partial charge in [-0.05, 0) is 42.7 Å². The Morgan fingerprint density at radius 3 is 2.77 bits per heavy atom. The van der Waals surface area contributed by atoms with Crippen molar-refractivity contribution < 1.29 is 4.79 Å². The lowest BCUT2D eigenvalue weighted by Crippen LogP contribution is -2.31. The van der Waals surface area contributed by atoms with E-state index in [1.807, 2.05) is 24.3 Å². The van der Waals surface area contributed by atoms with Crippen molar-refractivity contribution in [2.24, 2.45) is 0 Å². The lowest BCUT2D eigenvalue weighted by Gasteiger charge is -2.29. The minimum atomic E-state index is 0.0373. The maximum absolute atomic E-state index is 11.5. The molecule has 0 saturated heterocycles. The summed E-state index contributed by atoms with van der Waals surface area (Å²) in [6.45, 7) is 3.35. The summed E-state index contributed by atoms with van der Waals surface area (Å²) in [7, 11) is 0. The zero-order chi connectivity index (χ0) is 17.9. The molecule has 130 valence electrons. The van der Waals surface area contributed by atoms with Crippen LogP contribution in [0.15, 0.2) is 60.8 Å². The second-order valence-electron chi connectivity index (χ2n) is 6.44. The Hall–Kier alpha value is -3.21. The van der Waals surface area contributed by atoms with Gasteiger partial charge in [0.2, 0.25) is 5.95 Å². The smallest absolute Gasteiger partial charge is 0.229 e. The Morgan fingerprint density at radius 2 is 1.92 bits per heavy atom. The molecule has 1 aliphatic rings. The molecule has 26 heavy (non-hydrogen) atoms. The van der Waals surface area contributed by atoms with Crippen LogP contribution in [0, 0.1) is 0 Å². The van der Waals surface area contributed by atoms with Gasteiger partial charge in [0.15, 0.2) is 5.78 Å². The van der Waals surface area contributed by atoms with Crippen molar-refractivity contribution in [2.45, 2.75) is 19.9 Å². The van der Waals surface area contributed by atoms with Crippen molar-refractivity contribution >= 4 is 23.2 Å². The molecule has 0 unspecified atom stereocenters. The Morgan fingerprint density at radius 1 is 1.08 bits per heavy atom. The Labute approximate surface area is 152 Å². The summed E-state index contributed by atoms with van der Waals surface area (Å²) in [5.74, 6) is 1.47. The Balaban J connectivity index is 1.54. The van der Waals surface area contributed by atoms with Crippen LogP contribution in [0.25, 0.3) is 0 Å². The number of hydrogen-bond acceptors (Lipinski definition) is 5. The molecule has 2 heterocycles. The van der Waals surface area contributed by atoms with Crippen LogP contribution in [0.4, 0.5) is 17.5 Å². The van der Waals surface area contributed by atoms with E-state index in [4.69, 9.17) is 0 Å². The van der Waals surface area contributed by atoms with Crippen molar-refractivity contribution in [1.29, 1.82) is 0 Å². The topological polar surface area (TPSA) is 58.1 Å². The van der Waals surface area contributed by atoms with Gasteiger partial charge in [-0.3, -0.25) is 4.79 Å². The first kappa shape index (κ1) is 16.3. The Kier molecular flexibility index (Phi) is 4.35. The molecule has 1 N–H and O–H groups in total. The molecule has 2 aromatic carbocycles. The third kappa shape index (κ3) is 3.42. The molecule has 0 fully saturated rings. The number of fused-ring (bicyclic) bond motifs is 1. The van der Waals surface area contributed by atoms with E-state index in [1.165, 1.54) is 11.1 Å². The van der Waals surface area contributed by atoms with Gasteiger partial charge in [-0.25, -0.2) is 4.98 Å². The third-order valence-electron chi connectivity index (χ3n) is 4.62. The molecule has 0 aliphatic carbocycles. The van der Waals surface area contributed by atoms with Crippen molar-refractivity contribution in [3.05, 3.63) is 77.5 Å². The lowest BCUT2D eigenvalue weighted by molar-refractivity contribution is 0.101. The van der Waals surface area contributed by atoms with Crippen LogP contribution in [0.5, 0.6) is 0 Å². The number of carbonyl (C=O) groups is 1. The number of carbonyl (C=O) groups excluding carboxylic acids is 1. The lowest BCUT2D eigenvalue weighted by atomic mass is 10.00. The van der Waals surface area contributed by atoms with Crippen LogP contribution >= 0.6 is 0 Å². The van der Waals surface area contributed by atoms with Gasteiger partial charge in [-0.15, -0.1) is 0 Å². The first-order chi connectivity index (χ1) is 12.7. The molecule has 0 amide bonds. The van der Waals surface area contributed by atoms with E-state index in [0.717, 1.165) is 31.0 Å². The van der Waals surface area contributed by atoms with Crippen LogP contribution < -0.4 is 10.2 Å². The summed E-state index contributed by atoms with van der Waals surface area (Å²) in [5.41, 5.74) is 4.23. The van der Waals surface area contributed by atoms with E-state index >= 15 is 0 Å². The maximum Gasteiger partial charge on any atom is 0.229 e. The monoisotopic (exact) mass is 344 g/mol. The van der Waals surface area contributed by atoms with Gasteiger partial charge in [-0.1, -0.05) is 36.4 Å². The molecule has 0 saturated carbocycles. The maximum atomic E-state index is 11.5. The average molecular weight is 344 g/mol. The molecular weight excluding hydrogens is 324 g/mol. The fourth-order valence-electron chi connectivity index (χ4n) is 3.22. The summed E-state index contributed by atoms with van der Waals surface area (Å²) in [6, 6.07) is 17.9. The largest absolute Gasteiger partial charge is 0.352 e. The first-order valence-corrected chi connectivity index (χ1v) is 8.72. The summed E-state index contributed by atoms with van der Waals surface area (Å²) in [5, 5.41) is 3.20. The van der Waals surface area contributed by atoms with Crippen LogP contribution in [-0.2, 0) is 13.0 Å². The van der Waals surface area contributed by atoms with Crippen molar-refractivity contribution in [3.8, 4) is 0 Å². The minimum absolute atomic E-state index is 0.0373. The number of anilines is 3. The van der Waals surface area contributed by atoms with E-state index < -0.39 is 0 Å². The number of nitrogens with zero attached hydrogens (tertiary/aromatic N) is 3. The van der Waals surface area contributed by atoms with Gasteiger partial charge in [0, 0.05) is 30.5 Å². The number of ketones is 1. The number of Topliss-reactive ketones (excluding diaryl/α,β-unsaturated/α-hetero) is 1. The highest BCUT2D eigenvalue weighted by Crippen LogP contribution is 2.24. The highest BCUT2D eigenvalue weighted by molar-refractivity contribution is 5.95. The molecule has 0 bridgehead atoms. The van der Waals surface area contributed by atoms with Gasteiger partial charge in [0.05, 0.1) is 0 Å². The highest BCUT2D eigenvalue weighted by atomic mass is 16.1. The molecule has 1 aromatic heterocycles. The number of benzene rings is 2. The first-order valence-electron chi connectivity index (χ1n) is 8.72. The van der Waals surface area contributed by atoms with Gasteiger partial charge < -0.3 is 10.2 Å². The number of hydrogen-bond donors (Lipinski definition) is 1. The molecule has 5 heteroatoms. The van der Waals surface area contributed by atoms with Crippen LogP contribution in [-0.4, -0.2) is 22.3 Å². The minimum Gasteiger partial charge on any atom is -0.352 e.